The smallest absolute Gasteiger partial charge is 0.354 e. The fourth-order valence-electron chi connectivity index (χ4n) is 1.42. The molecule has 17 heavy (non-hydrogen) atoms. The van der Waals surface area contributed by atoms with Crippen LogP contribution >= 0.6 is 0 Å². The van der Waals surface area contributed by atoms with Gasteiger partial charge in [-0.05, 0) is 20.2 Å². The van der Waals surface area contributed by atoms with Gasteiger partial charge in [-0.3, -0.25) is 4.68 Å². The molecule has 1 aromatic rings. The highest BCUT2D eigenvalue weighted by atomic mass is 16.4. The summed E-state index contributed by atoms with van der Waals surface area (Å²) in [4.78, 5) is 13.1. The molecule has 0 aliphatic carbocycles. The second kappa shape index (κ2) is 4.87. The molecule has 0 unspecified atom stereocenters. The Bertz CT molecular complexity index is 402. The molecule has 1 heterocycles. The highest BCUT2D eigenvalue weighted by molar-refractivity contribution is 5.85. The molecular formula is C12H21N3O2. The first kappa shape index (κ1) is 13.7. The Balaban J connectivity index is 3.02. The molecule has 5 heteroatoms. The number of likely N-dealkylation sites (N-methyl/N-ethyl adjacent to an activating group) is 1. The van der Waals surface area contributed by atoms with E-state index in [0.717, 1.165) is 12.2 Å². The predicted molar refractivity (Wildman–Crippen MR) is 66.4 cm³/mol. The van der Waals surface area contributed by atoms with Crippen molar-refractivity contribution in [1.29, 1.82) is 0 Å². The summed E-state index contributed by atoms with van der Waals surface area (Å²) in [6, 6.07) is 1.66. The van der Waals surface area contributed by atoms with Crippen molar-refractivity contribution in [2.24, 2.45) is 0 Å². The maximum atomic E-state index is 11.1. The van der Waals surface area contributed by atoms with E-state index >= 15 is 0 Å². The summed E-state index contributed by atoms with van der Waals surface area (Å²) in [5.41, 5.74) is 0.943. The molecule has 0 fully saturated rings. The maximum Gasteiger partial charge on any atom is 0.354 e. The third-order valence-corrected chi connectivity index (χ3v) is 2.53. The summed E-state index contributed by atoms with van der Waals surface area (Å²) in [5.74, 6) is -0.924. The van der Waals surface area contributed by atoms with Crippen molar-refractivity contribution in [1.82, 2.24) is 14.7 Å². The molecule has 0 spiro atoms. The lowest BCUT2D eigenvalue weighted by atomic mass is 9.92. The molecule has 0 atom stereocenters. The fourth-order valence-corrected chi connectivity index (χ4v) is 1.42. The fraction of sp³-hybridized carbons (Fsp3) is 0.667. The zero-order chi connectivity index (χ0) is 13.2. The number of hydrogen-bond donors (Lipinski definition) is 1. The summed E-state index contributed by atoms with van der Waals surface area (Å²) >= 11 is 0. The number of aromatic nitrogens is 2. The van der Waals surface area contributed by atoms with Gasteiger partial charge in [-0.25, -0.2) is 4.79 Å². The van der Waals surface area contributed by atoms with Gasteiger partial charge in [0.1, 0.15) is 5.69 Å². The first-order valence-corrected chi connectivity index (χ1v) is 5.68. The van der Waals surface area contributed by atoms with E-state index in [0.29, 0.717) is 6.54 Å². The molecule has 0 saturated carbocycles. The minimum atomic E-state index is -0.924. The summed E-state index contributed by atoms with van der Waals surface area (Å²) in [6.45, 7) is 7.43. The minimum absolute atomic E-state index is 0.131. The van der Waals surface area contributed by atoms with Crippen LogP contribution in [-0.4, -0.2) is 46.4 Å². The lowest BCUT2D eigenvalue weighted by Gasteiger charge is -2.14. The second-order valence-electron chi connectivity index (χ2n) is 5.50. The largest absolute Gasteiger partial charge is 0.477 e. The van der Waals surface area contributed by atoms with Gasteiger partial charge in [-0.1, -0.05) is 20.8 Å². The molecule has 0 amide bonds. The van der Waals surface area contributed by atoms with Crippen molar-refractivity contribution in [3.05, 3.63) is 17.5 Å². The lowest BCUT2D eigenvalue weighted by molar-refractivity contribution is 0.0682. The summed E-state index contributed by atoms with van der Waals surface area (Å²) in [5, 5.41) is 13.5. The molecule has 0 radical (unpaired) electrons. The van der Waals surface area contributed by atoms with Crippen LogP contribution < -0.4 is 0 Å². The van der Waals surface area contributed by atoms with Gasteiger partial charge in [0.05, 0.1) is 12.2 Å². The maximum absolute atomic E-state index is 11.1. The Morgan fingerprint density at radius 3 is 2.47 bits per heavy atom. The van der Waals surface area contributed by atoms with Crippen molar-refractivity contribution in [3.63, 3.8) is 0 Å². The van der Waals surface area contributed by atoms with Gasteiger partial charge in [0.2, 0.25) is 0 Å². The molecule has 1 rings (SSSR count). The summed E-state index contributed by atoms with van der Waals surface area (Å²) in [7, 11) is 3.91. The van der Waals surface area contributed by atoms with Crippen molar-refractivity contribution < 1.29 is 9.90 Å². The number of rotatable bonds is 4. The molecule has 0 aliphatic rings. The molecular weight excluding hydrogens is 218 g/mol. The van der Waals surface area contributed by atoms with E-state index in [1.165, 1.54) is 0 Å². The van der Waals surface area contributed by atoms with Crippen LogP contribution in [0.25, 0.3) is 0 Å². The summed E-state index contributed by atoms with van der Waals surface area (Å²) < 4.78 is 1.57. The van der Waals surface area contributed by atoms with Gasteiger partial charge in [-0.15, -0.1) is 0 Å². The quantitative estimate of drug-likeness (QED) is 0.863. The highest BCUT2D eigenvalue weighted by Gasteiger charge is 2.22. The van der Waals surface area contributed by atoms with E-state index in [9.17, 15) is 4.79 Å². The third kappa shape index (κ3) is 3.56. The molecule has 0 saturated heterocycles. The van der Waals surface area contributed by atoms with Crippen LogP contribution in [0.2, 0.25) is 0 Å². The van der Waals surface area contributed by atoms with Gasteiger partial charge in [0.15, 0.2) is 0 Å². The second-order valence-corrected chi connectivity index (χ2v) is 5.50. The first-order chi connectivity index (χ1) is 7.71. The number of carbonyl (C=O) groups is 1. The minimum Gasteiger partial charge on any atom is -0.477 e. The van der Waals surface area contributed by atoms with Crippen LogP contribution in [0.1, 0.15) is 37.0 Å². The van der Waals surface area contributed by atoms with Crippen LogP contribution in [0.15, 0.2) is 6.07 Å². The van der Waals surface area contributed by atoms with Gasteiger partial charge >= 0.3 is 5.97 Å². The number of aromatic carboxylic acids is 1. The predicted octanol–water partition coefficient (Wildman–Crippen LogP) is 1.44. The first-order valence-electron chi connectivity index (χ1n) is 5.68. The Labute approximate surface area is 102 Å². The van der Waals surface area contributed by atoms with Crippen LogP contribution in [-0.2, 0) is 12.0 Å². The normalized spacial score (nSPS) is 12.1. The number of carboxylic acids is 1. The average Bonchev–Trinajstić information content (AvgIpc) is 2.57. The van der Waals surface area contributed by atoms with E-state index in [1.54, 1.807) is 10.7 Å². The average molecular weight is 239 g/mol. The van der Waals surface area contributed by atoms with Crippen LogP contribution in [0, 0.1) is 0 Å². The number of nitrogens with zero attached hydrogens (tertiary/aromatic N) is 3. The summed E-state index contributed by atoms with van der Waals surface area (Å²) in [6.07, 6.45) is 0. The molecule has 0 bridgehead atoms. The van der Waals surface area contributed by atoms with E-state index in [-0.39, 0.29) is 11.1 Å². The van der Waals surface area contributed by atoms with Crippen molar-refractivity contribution in [2.45, 2.75) is 32.7 Å². The van der Waals surface area contributed by atoms with Crippen molar-refractivity contribution >= 4 is 5.97 Å². The Kier molecular flexibility index (Phi) is 3.93. The Hall–Kier alpha value is -1.36. The standard InChI is InChI=1S/C12H21N3O2/c1-12(2,3)10-8-9(11(16)17)15(13-10)7-6-14(4)5/h8H,6-7H2,1-5H3,(H,16,17). The highest BCUT2D eigenvalue weighted by Crippen LogP contribution is 2.21. The molecule has 1 aromatic heterocycles. The van der Waals surface area contributed by atoms with Crippen molar-refractivity contribution in [2.75, 3.05) is 20.6 Å². The van der Waals surface area contributed by atoms with Crippen molar-refractivity contribution in [3.8, 4) is 0 Å². The Morgan fingerprint density at radius 2 is 2.06 bits per heavy atom. The van der Waals surface area contributed by atoms with E-state index in [4.69, 9.17) is 5.11 Å². The monoisotopic (exact) mass is 239 g/mol. The molecule has 0 aromatic carbocycles. The van der Waals surface area contributed by atoms with Gasteiger partial charge < -0.3 is 10.0 Å². The van der Waals surface area contributed by atoms with Crippen LogP contribution in [0.4, 0.5) is 0 Å². The Morgan fingerprint density at radius 1 is 1.47 bits per heavy atom. The van der Waals surface area contributed by atoms with Gasteiger partial charge in [0.25, 0.3) is 0 Å². The van der Waals surface area contributed by atoms with Crippen LogP contribution in [0.3, 0.4) is 0 Å². The lowest BCUT2D eigenvalue weighted by Crippen LogP contribution is -2.21. The third-order valence-electron chi connectivity index (χ3n) is 2.53. The number of carboxylic acid groups (broad SMARTS) is 1. The zero-order valence-corrected chi connectivity index (χ0v) is 11.2. The SMILES string of the molecule is CN(C)CCn1nc(C(C)(C)C)cc1C(=O)O. The topological polar surface area (TPSA) is 58.4 Å². The molecule has 0 aliphatic heterocycles. The van der Waals surface area contributed by atoms with E-state index < -0.39 is 5.97 Å². The van der Waals surface area contributed by atoms with Gasteiger partial charge in [-0.2, -0.15) is 5.10 Å². The zero-order valence-electron chi connectivity index (χ0n) is 11.2. The molecule has 5 nitrogen and oxygen atoms in total. The van der Waals surface area contributed by atoms with Gasteiger partial charge in [0, 0.05) is 12.0 Å². The molecule has 96 valence electrons. The number of hydrogen-bond acceptors (Lipinski definition) is 3. The van der Waals surface area contributed by atoms with E-state index in [2.05, 4.69) is 5.10 Å². The van der Waals surface area contributed by atoms with E-state index in [1.807, 2.05) is 39.8 Å². The van der Waals surface area contributed by atoms with Crippen LogP contribution in [0.5, 0.6) is 0 Å². The molecule has 1 N–H and O–H groups in total.